The minimum absolute atomic E-state index is 0.255. The number of hydrogen-bond acceptors (Lipinski definition) is 4. The van der Waals surface area contributed by atoms with E-state index in [0.717, 1.165) is 17.1 Å². The lowest BCUT2D eigenvalue weighted by Crippen LogP contribution is -1.93. The molecule has 0 aromatic heterocycles. The molecule has 0 unspecified atom stereocenters. The minimum atomic E-state index is 0.255. The number of fused-ring (bicyclic) bond motifs is 1. The van der Waals surface area contributed by atoms with E-state index in [1.54, 1.807) is 12.1 Å². The topological polar surface area (TPSA) is 40.0 Å². The van der Waals surface area contributed by atoms with Crippen LogP contribution in [-0.2, 0) is 11.4 Å². The van der Waals surface area contributed by atoms with Gasteiger partial charge < -0.3 is 14.3 Å². The van der Waals surface area contributed by atoms with E-state index in [9.17, 15) is 0 Å². The molecule has 0 aliphatic carbocycles. The van der Waals surface area contributed by atoms with Crippen LogP contribution in [0.25, 0.3) is 0 Å². The fourth-order valence-corrected chi connectivity index (χ4v) is 2.21. The summed E-state index contributed by atoms with van der Waals surface area (Å²) >= 11 is 12.0. The van der Waals surface area contributed by atoms with Crippen LogP contribution < -0.4 is 9.47 Å². The average Bonchev–Trinajstić information content (AvgIpc) is 2.95. The molecule has 1 aliphatic heterocycles. The molecule has 4 nitrogen and oxygen atoms in total. The third-order valence-electron chi connectivity index (χ3n) is 2.92. The van der Waals surface area contributed by atoms with Crippen molar-refractivity contribution in [2.45, 2.75) is 6.61 Å². The van der Waals surface area contributed by atoms with Crippen molar-refractivity contribution in [1.82, 2.24) is 0 Å². The van der Waals surface area contributed by atoms with Crippen LogP contribution in [0.15, 0.2) is 41.6 Å². The fraction of sp³-hybridized carbons (Fsp3) is 0.133. The molecule has 108 valence electrons. The molecule has 0 radical (unpaired) electrons. The second kappa shape index (κ2) is 6.24. The van der Waals surface area contributed by atoms with Gasteiger partial charge in [0.25, 0.3) is 0 Å². The third kappa shape index (κ3) is 3.23. The number of ether oxygens (including phenoxy) is 2. The summed E-state index contributed by atoms with van der Waals surface area (Å²) in [7, 11) is 0. The first-order chi connectivity index (χ1) is 10.2. The lowest BCUT2D eigenvalue weighted by Gasteiger charge is -2.02. The van der Waals surface area contributed by atoms with Crippen molar-refractivity contribution in [3.63, 3.8) is 0 Å². The zero-order valence-corrected chi connectivity index (χ0v) is 12.4. The standard InChI is InChI=1S/C15H11Cl2NO3/c16-12-3-1-2-11(15(12)17)7-18-21-8-10-4-5-13-14(6-10)20-9-19-13/h1-7H,8-9H2/b18-7-. The summed E-state index contributed by atoms with van der Waals surface area (Å²) in [6, 6.07) is 10.9. The highest BCUT2D eigenvalue weighted by atomic mass is 35.5. The first-order valence-corrected chi connectivity index (χ1v) is 6.97. The largest absolute Gasteiger partial charge is 0.454 e. The van der Waals surface area contributed by atoms with Crippen molar-refractivity contribution in [3.8, 4) is 11.5 Å². The van der Waals surface area contributed by atoms with Crippen molar-refractivity contribution in [2.24, 2.45) is 5.16 Å². The monoisotopic (exact) mass is 323 g/mol. The summed E-state index contributed by atoms with van der Waals surface area (Å²) in [5.41, 5.74) is 1.64. The smallest absolute Gasteiger partial charge is 0.231 e. The van der Waals surface area contributed by atoms with Gasteiger partial charge in [0.05, 0.1) is 16.3 Å². The predicted molar refractivity (Wildman–Crippen MR) is 81.4 cm³/mol. The van der Waals surface area contributed by atoms with E-state index in [0.29, 0.717) is 22.2 Å². The Morgan fingerprint density at radius 1 is 1.14 bits per heavy atom. The highest BCUT2D eigenvalue weighted by Gasteiger charge is 2.13. The normalized spacial score (nSPS) is 12.9. The second-order valence-corrected chi connectivity index (χ2v) is 5.12. The third-order valence-corrected chi connectivity index (χ3v) is 3.75. The summed E-state index contributed by atoms with van der Waals surface area (Å²) in [5, 5.41) is 4.83. The minimum Gasteiger partial charge on any atom is -0.454 e. The molecule has 1 heterocycles. The van der Waals surface area contributed by atoms with Gasteiger partial charge in [-0.05, 0) is 23.8 Å². The van der Waals surface area contributed by atoms with Gasteiger partial charge in [-0.1, -0.05) is 46.6 Å². The van der Waals surface area contributed by atoms with Crippen molar-refractivity contribution in [2.75, 3.05) is 6.79 Å². The summed E-state index contributed by atoms with van der Waals surface area (Å²) in [5.74, 6) is 1.46. The van der Waals surface area contributed by atoms with Crippen LogP contribution in [0.3, 0.4) is 0 Å². The Morgan fingerprint density at radius 3 is 2.90 bits per heavy atom. The van der Waals surface area contributed by atoms with Crippen LogP contribution in [0.1, 0.15) is 11.1 Å². The molecule has 2 aromatic carbocycles. The molecule has 0 bridgehead atoms. The average molecular weight is 324 g/mol. The highest BCUT2D eigenvalue weighted by molar-refractivity contribution is 6.43. The number of nitrogens with zero attached hydrogens (tertiary/aromatic N) is 1. The molecule has 0 saturated carbocycles. The van der Waals surface area contributed by atoms with Gasteiger partial charge in [0.2, 0.25) is 6.79 Å². The molecule has 0 saturated heterocycles. The number of benzene rings is 2. The van der Waals surface area contributed by atoms with Crippen molar-refractivity contribution in [3.05, 3.63) is 57.6 Å². The van der Waals surface area contributed by atoms with Crippen molar-refractivity contribution >= 4 is 29.4 Å². The van der Waals surface area contributed by atoms with Gasteiger partial charge in [-0.2, -0.15) is 0 Å². The SMILES string of the molecule is Clc1cccc(/C=N\OCc2ccc3c(c2)OCO3)c1Cl. The van der Waals surface area contributed by atoms with Crippen LogP contribution in [0.2, 0.25) is 10.0 Å². The van der Waals surface area contributed by atoms with Crippen LogP contribution in [-0.4, -0.2) is 13.0 Å². The Balaban J connectivity index is 1.61. The predicted octanol–water partition coefficient (Wildman–Crippen LogP) is 4.27. The van der Waals surface area contributed by atoms with E-state index in [1.165, 1.54) is 6.21 Å². The molecule has 0 N–H and O–H groups in total. The molecule has 6 heteroatoms. The van der Waals surface area contributed by atoms with Crippen LogP contribution in [0, 0.1) is 0 Å². The summed E-state index contributed by atoms with van der Waals surface area (Å²) in [6.45, 7) is 0.580. The molecule has 0 spiro atoms. The summed E-state index contributed by atoms with van der Waals surface area (Å²) < 4.78 is 10.5. The first-order valence-electron chi connectivity index (χ1n) is 6.22. The van der Waals surface area contributed by atoms with Gasteiger partial charge in [-0.3, -0.25) is 0 Å². The van der Waals surface area contributed by atoms with Gasteiger partial charge in [0.15, 0.2) is 11.5 Å². The van der Waals surface area contributed by atoms with E-state index in [-0.39, 0.29) is 6.79 Å². The number of oxime groups is 1. The second-order valence-electron chi connectivity index (χ2n) is 4.34. The Labute approximate surface area is 131 Å². The van der Waals surface area contributed by atoms with E-state index >= 15 is 0 Å². The van der Waals surface area contributed by atoms with Crippen molar-refractivity contribution in [1.29, 1.82) is 0 Å². The maximum absolute atomic E-state index is 6.04. The molecule has 21 heavy (non-hydrogen) atoms. The van der Waals surface area contributed by atoms with E-state index < -0.39 is 0 Å². The molecular weight excluding hydrogens is 313 g/mol. The molecular formula is C15H11Cl2NO3. The Hall–Kier alpha value is -1.91. The summed E-state index contributed by atoms with van der Waals surface area (Å²) in [4.78, 5) is 5.25. The maximum Gasteiger partial charge on any atom is 0.231 e. The van der Waals surface area contributed by atoms with Crippen LogP contribution in [0.5, 0.6) is 11.5 Å². The van der Waals surface area contributed by atoms with E-state index in [1.807, 2.05) is 24.3 Å². The molecule has 2 aromatic rings. The van der Waals surface area contributed by atoms with Gasteiger partial charge >= 0.3 is 0 Å². The van der Waals surface area contributed by atoms with Gasteiger partial charge in [-0.15, -0.1) is 0 Å². The van der Waals surface area contributed by atoms with E-state index in [2.05, 4.69) is 5.16 Å². The van der Waals surface area contributed by atoms with Crippen molar-refractivity contribution < 1.29 is 14.3 Å². The number of hydrogen-bond donors (Lipinski definition) is 0. The van der Waals surface area contributed by atoms with Gasteiger partial charge in [-0.25, -0.2) is 0 Å². The Morgan fingerprint density at radius 2 is 2.00 bits per heavy atom. The number of halogens is 2. The highest BCUT2D eigenvalue weighted by Crippen LogP contribution is 2.32. The maximum atomic E-state index is 6.04. The quantitative estimate of drug-likeness (QED) is 0.623. The van der Waals surface area contributed by atoms with Gasteiger partial charge in [0.1, 0.15) is 6.61 Å². The lowest BCUT2D eigenvalue weighted by atomic mass is 10.2. The van der Waals surface area contributed by atoms with Gasteiger partial charge in [0, 0.05) is 5.56 Å². The summed E-state index contributed by atoms with van der Waals surface area (Å²) in [6.07, 6.45) is 1.53. The van der Waals surface area contributed by atoms with Crippen LogP contribution in [0.4, 0.5) is 0 Å². The Kier molecular flexibility index (Phi) is 4.18. The molecule has 3 rings (SSSR count). The lowest BCUT2D eigenvalue weighted by molar-refractivity contribution is 0.132. The Bertz CT molecular complexity index is 689. The molecule has 0 amide bonds. The number of rotatable bonds is 4. The fourth-order valence-electron chi connectivity index (χ4n) is 1.86. The zero-order valence-electron chi connectivity index (χ0n) is 10.9. The molecule has 1 aliphatic rings. The first kappa shape index (κ1) is 14.0. The zero-order chi connectivity index (χ0) is 14.7. The van der Waals surface area contributed by atoms with E-state index in [4.69, 9.17) is 37.5 Å². The molecule has 0 fully saturated rings. The molecule has 0 atom stereocenters. The van der Waals surface area contributed by atoms with Crippen LogP contribution >= 0.6 is 23.2 Å².